The first kappa shape index (κ1) is 20.9. The van der Waals surface area contributed by atoms with Gasteiger partial charge in [-0.1, -0.05) is 29.8 Å². The molecule has 158 valence electrons. The van der Waals surface area contributed by atoms with E-state index < -0.39 is 11.5 Å². The van der Waals surface area contributed by atoms with Crippen LogP contribution in [0.25, 0.3) is 0 Å². The first-order valence-electron chi connectivity index (χ1n) is 10.2. The maximum Gasteiger partial charge on any atom is 0.250 e. The van der Waals surface area contributed by atoms with E-state index in [1.54, 1.807) is 31.4 Å². The number of anilines is 2. The minimum atomic E-state index is -1.07. The van der Waals surface area contributed by atoms with Crippen LogP contribution in [0.3, 0.4) is 0 Å². The SMILES string of the molecule is COc1ccc(NC(=O)[C@H]2C[C@H](CC(C)C)N[C@]23C(=O)Nc2ccc(Br)cc23)cc1. The Hall–Kier alpha value is -2.38. The van der Waals surface area contributed by atoms with Gasteiger partial charge in [0.2, 0.25) is 11.8 Å². The van der Waals surface area contributed by atoms with Gasteiger partial charge in [-0.05, 0) is 61.2 Å². The number of carbonyl (C=O) groups is 2. The Bertz CT molecular complexity index is 976. The molecule has 0 aromatic heterocycles. The Morgan fingerprint density at radius 3 is 2.67 bits per heavy atom. The summed E-state index contributed by atoms with van der Waals surface area (Å²) in [4.78, 5) is 26.7. The summed E-state index contributed by atoms with van der Waals surface area (Å²) in [5.74, 6) is 0.310. The summed E-state index contributed by atoms with van der Waals surface area (Å²) >= 11 is 3.52. The summed E-state index contributed by atoms with van der Waals surface area (Å²) in [5.41, 5.74) is 1.18. The minimum absolute atomic E-state index is 0.0762. The average Bonchev–Trinajstić information content (AvgIpc) is 3.21. The topological polar surface area (TPSA) is 79.5 Å². The fraction of sp³-hybridized carbons (Fsp3) is 0.391. The monoisotopic (exact) mass is 471 g/mol. The summed E-state index contributed by atoms with van der Waals surface area (Å²) < 4.78 is 6.06. The third-order valence-corrected chi connectivity index (χ3v) is 6.41. The van der Waals surface area contributed by atoms with E-state index in [0.29, 0.717) is 18.0 Å². The lowest BCUT2D eigenvalue weighted by molar-refractivity contribution is -0.130. The molecule has 0 saturated carbocycles. The number of fused-ring (bicyclic) bond motifs is 2. The number of hydrogen-bond acceptors (Lipinski definition) is 4. The van der Waals surface area contributed by atoms with Gasteiger partial charge >= 0.3 is 0 Å². The lowest BCUT2D eigenvalue weighted by Gasteiger charge is -2.29. The molecule has 2 aromatic carbocycles. The molecule has 3 atom stereocenters. The summed E-state index contributed by atoms with van der Waals surface area (Å²) in [6, 6.07) is 13.0. The molecule has 1 fully saturated rings. The highest BCUT2D eigenvalue weighted by Gasteiger charge is 2.60. The van der Waals surface area contributed by atoms with Crippen molar-refractivity contribution in [2.24, 2.45) is 11.8 Å². The van der Waals surface area contributed by atoms with E-state index in [2.05, 4.69) is 45.7 Å². The fourth-order valence-electron chi connectivity index (χ4n) is 4.66. The first-order chi connectivity index (χ1) is 14.3. The van der Waals surface area contributed by atoms with Crippen LogP contribution in [0.5, 0.6) is 5.75 Å². The highest BCUT2D eigenvalue weighted by atomic mass is 79.9. The zero-order valence-electron chi connectivity index (χ0n) is 17.3. The molecule has 2 heterocycles. The van der Waals surface area contributed by atoms with Crippen LogP contribution in [0, 0.1) is 11.8 Å². The van der Waals surface area contributed by atoms with Crippen molar-refractivity contribution in [1.82, 2.24) is 5.32 Å². The molecular formula is C23H26BrN3O3. The predicted octanol–water partition coefficient (Wildman–Crippen LogP) is 4.27. The molecule has 1 saturated heterocycles. The van der Waals surface area contributed by atoms with Crippen LogP contribution in [0.1, 0.15) is 32.3 Å². The van der Waals surface area contributed by atoms with Gasteiger partial charge in [0.05, 0.1) is 13.0 Å². The van der Waals surface area contributed by atoms with Gasteiger partial charge < -0.3 is 15.4 Å². The van der Waals surface area contributed by atoms with Gasteiger partial charge in [0.25, 0.3) is 0 Å². The van der Waals surface area contributed by atoms with Gasteiger partial charge in [-0.3, -0.25) is 14.9 Å². The summed E-state index contributed by atoms with van der Waals surface area (Å²) in [6.45, 7) is 4.30. The molecule has 0 bridgehead atoms. The number of nitrogens with one attached hydrogen (secondary N) is 3. The molecule has 2 aliphatic heterocycles. The molecule has 4 rings (SSSR count). The Morgan fingerprint density at radius 2 is 2.00 bits per heavy atom. The molecule has 6 nitrogen and oxygen atoms in total. The molecule has 3 N–H and O–H groups in total. The van der Waals surface area contributed by atoms with Crippen LogP contribution < -0.4 is 20.7 Å². The second-order valence-electron chi connectivity index (χ2n) is 8.43. The van der Waals surface area contributed by atoms with Crippen molar-refractivity contribution in [2.45, 2.75) is 38.3 Å². The molecule has 7 heteroatoms. The number of amides is 2. The number of carbonyl (C=O) groups excluding carboxylic acids is 2. The maximum atomic E-state index is 13.4. The van der Waals surface area contributed by atoms with Gasteiger partial charge in [-0.25, -0.2) is 0 Å². The zero-order chi connectivity index (χ0) is 21.5. The van der Waals surface area contributed by atoms with Crippen LogP contribution >= 0.6 is 15.9 Å². The van der Waals surface area contributed by atoms with E-state index in [4.69, 9.17) is 4.74 Å². The number of hydrogen-bond donors (Lipinski definition) is 3. The quantitative estimate of drug-likeness (QED) is 0.608. The minimum Gasteiger partial charge on any atom is -0.497 e. The third-order valence-electron chi connectivity index (χ3n) is 5.92. The number of ether oxygens (including phenoxy) is 1. The van der Waals surface area contributed by atoms with Crippen molar-refractivity contribution in [1.29, 1.82) is 0 Å². The number of rotatable bonds is 5. The van der Waals surface area contributed by atoms with E-state index in [1.807, 2.05) is 18.2 Å². The molecule has 2 aliphatic rings. The molecule has 0 aliphatic carbocycles. The lowest BCUT2D eigenvalue weighted by atomic mass is 9.79. The Kier molecular flexibility index (Phi) is 5.59. The van der Waals surface area contributed by atoms with E-state index in [-0.39, 0.29) is 17.9 Å². The Labute approximate surface area is 184 Å². The van der Waals surface area contributed by atoms with Crippen molar-refractivity contribution in [3.8, 4) is 5.75 Å². The Morgan fingerprint density at radius 1 is 1.27 bits per heavy atom. The number of methoxy groups -OCH3 is 1. The van der Waals surface area contributed by atoms with Crippen LogP contribution in [0.4, 0.5) is 11.4 Å². The molecule has 1 spiro atoms. The highest BCUT2D eigenvalue weighted by molar-refractivity contribution is 9.10. The average molecular weight is 472 g/mol. The van der Waals surface area contributed by atoms with Gasteiger partial charge in [-0.15, -0.1) is 0 Å². The van der Waals surface area contributed by atoms with Gasteiger partial charge in [-0.2, -0.15) is 0 Å². The van der Waals surface area contributed by atoms with Crippen LogP contribution in [-0.2, 0) is 15.1 Å². The molecule has 30 heavy (non-hydrogen) atoms. The molecule has 0 unspecified atom stereocenters. The van der Waals surface area contributed by atoms with E-state index >= 15 is 0 Å². The van der Waals surface area contributed by atoms with Gasteiger partial charge in [0.15, 0.2) is 0 Å². The van der Waals surface area contributed by atoms with E-state index in [1.165, 1.54) is 0 Å². The number of benzene rings is 2. The Balaban J connectivity index is 1.69. The standard InChI is InChI=1S/C23H26BrN3O3/c1-13(2)10-16-12-19(21(28)25-15-5-7-17(30-3)8-6-15)23(27-16)18-11-14(24)4-9-20(18)26-22(23)29/h4-9,11,13,16,19,27H,10,12H2,1-3H3,(H,25,28)(H,26,29)/t16-,19+,23-/m0/s1. The van der Waals surface area contributed by atoms with Crippen LogP contribution in [0.15, 0.2) is 46.9 Å². The lowest BCUT2D eigenvalue weighted by Crippen LogP contribution is -2.52. The summed E-state index contributed by atoms with van der Waals surface area (Å²) in [6.07, 6.45) is 1.49. The smallest absolute Gasteiger partial charge is 0.250 e. The summed E-state index contributed by atoms with van der Waals surface area (Å²) in [7, 11) is 1.60. The van der Waals surface area contributed by atoms with Crippen molar-refractivity contribution in [2.75, 3.05) is 17.7 Å². The van der Waals surface area contributed by atoms with Crippen LogP contribution in [0.2, 0.25) is 0 Å². The molecule has 2 aromatic rings. The molecule has 2 amide bonds. The largest absolute Gasteiger partial charge is 0.497 e. The van der Waals surface area contributed by atoms with Crippen molar-refractivity contribution < 1.29 is 14.3 Å². The highest BCUT2D eigenvalue weighted by Crippen LogP contribution is 2.48. The predicted molar refractivity (Wildman–Crippen MR) is 121 cm³/mol. The summed E-state index contributed by atoms with van der Waals surface area (Å²) in [5, 5.41) is 9.53. The molecular weight excluding hydrogens is 446 g/mol. The zero-order valence-corrected chi connectivity index (χ0v) is 18.9. The van der Waals surface area contributed by atoms with Crippen molar-refractivity contribution in [3.63, 3.8) is 0 Å². The third kappa shape index (κ3) is 3.61. The fourth-order valence-corrected chi connectivity index (χ4v) is 5.02. The number of halogens is 1. The second-order valence-corrected chi connectivity index (χ2v) is 9.34. The second kappa shape index (κ2) is 8.04. The maximum absolute atomic E-state index is 13.4. The van der Waals surface area contributed by atoms with E-state index in [9.17, 15) is 9.59 Å². The van der Waals surface area contributed by atoms with Crippen molar-refractivity contribution in [3.05, 3.63) is 52.5 Å². The normalized spacial score (nSPS) is 24.8. The van der Waals surface area contributed by atoms with Gasteiger partial charge in [0, 0.05) is 27.5 Å². The van der Waals surface area contributed by atoms with Gasteiger partial charge in [0.1, 0.15) is 11.3 Å². The van der Waals surface area contributed by atoms with Crippen molar-refractivity contribution >= 4 is 39.1 Å². The first-order valence-corrected chi connectivity index (χ1v) is 11.0. The van der Waals surface area contributed by atoms with E-state index in [0.717, 1.165) is 27.9 Å². The molecule has 0 radical (unpaired) electrons. The van der Waals surface area contributed by atoms with Crippen LogP contribution in [-0.4, -0.2) is 25.0 Å².